The number of fused-ring (bicyclic) bond motifs is 1. The minimum absolute atomic E-state index is 0.255. The highest BCUT2D eigenvalue weighted by Gasteiger charge is 2.18. The fraction of sp³-hybridized carbons (Fsp3) is 0.0833. The van der Waals surface area contributed by atoms with E-state index in [1.165, 1.54) is 5.56 Å². The second-order valence-electron chi connectivity index (χ2n) is 7.59. The number of hydrogen-bond acceptors (Lipinski definition) is 5. The molecule has 0 aliphatic rings. The molecule has 0 saturated carbocycles. The van der Waals surface area contributed by atoms with E-state index in [1.54, 1.807) is 47.2 Å². The van der Waals surface area contributed by atoms with Gasteiger partial charge in [-0.15, -0.1) is 0 Å². The summed E-state index contributed by atoms with van der Waals surface area (Å²) in [6.07, 6.45) is 3.50. The summed E-state index contributed by atoms with van der Waals surface area (Å²) >= 11 is 5.93. The van der Waals surface area contributed by atoms with Crippen molar-refractivity contribution in [1.29, 1.82) is 0 Å². The van der Waals surface area contributed by atoms with Crippen molar-refractivity contribution in [3.05, 3.63) is 95.4 Å². The maximum absolute atomic E-state index is 12.8. The summed E-state index contributed by atoms with van der Waals surface area (Å²) in [4.78, 5) is 19.7. The molecule has 5 aromatic rings. The molecule has 0 aliphatic carbocycles. The number of anilines is 2. The Morgan fingerprint density at radius 1 is 1.12 bits per heavy atom. The van der Waals surface area contributed by atoms with Gasteiger partial charge in [0.25, 0.3) is 5.91 Å². The van der Waals surface area contributed by atoms with Crippen LogP contribution >= 0.6 is 11.6 Å². The molecule has 0 saturated heterocycles. The number of aromatic nitrogens is 5. The lowest BCUT2D eigenvalue weighted by Crippen LogP contribution is -2.18. The Labute approximate surface area is 194 Å². The monoisotopic (exact) mass is 457 g/mol. The summed E-state index contributed by atoms with van der Waals surface area (Å²) < 4.78 is 1.65. The van der Waals surface area contributed by atoms with Gasteiger partial charge in [0.05, 0.1) is 11.9 Å². The predicted molar refractivity (Wildman–Crippen MR) is 129 cm³/mol. The highest BCUT2D eigenvalue weighted by molar-refractivity contribution is 6.30. The number of nitrogens with zero attached hydrogens (tertiary/aromatic N) is 5. The van der Waals surface area contributed by atoms with E-state index in [0.717, 1.165) is 17.1 Å². The lowest BCUT2D eigenvalue weighted by atomic mass is 10.2. The molecule has 0 unspecified atom stereocenters. The Morgan fingerprint density at radius 3 is 2.64 bits per heavy atom. The fourth-order valence-corrected chi connectivity index (χ4v) is 3.66. The van der Waals surface area contributed by atoms with Crippen LogP contribution in [0.2, 0.25) is 5.02 Å². The van der Waals surface area contributed by atoms with E-state index in [1.807, 2.05) is 31.3 Å². The molecule has 2 N–H and O–H groups in total. The maximum atomic E-state index is 12.8. The molecule has 0 bridgehead atoms. The molecule has 0 radical (unpaired) electrons. The van der Waals surface area contributed by atoms with Gasteiger partial charge < -0.3 is 10.2 Å². The highest BCUT2D eigenvalue weighted by Crippen LogP contribution is 2.25. The molecular weight excluding hydrogens is 438 g/mol. The van der Waals surface area contributed by atoms with E-state index in [4.69, 9.17) is 16.6 Å². The average molecular weight is 458 g/mol. The first-order valence-corrected chi connectivity index (χ1v) is 10.7. The first-order chi connectivity index (χ1) is 16.1. The molecule has 33 heavy (non-hydrogen) atoms. The van der Waals surface area contributed by atoms with Crippen molar-refractivity contribution in [1.82, 2.24) is 24.8 Å². The van der Waals surface area contributed by atoms with Crippen molar-refractivity contribution in [3.8, 4) is 11.3 Å². The molecule has 3 heterocycles. The minimum Gasteiger partial charge on any atom is -0.355 e. The Bertz CT molecular complexity index is 1400. The van der Waals surface area contributed by atoms with Gasteiger partial charge in [-0.25, -0.2) is 9.50 Å². The summed E-state index contributed by atoms with van der Waals surface area (Å²) in [7, 11) is 1.98. The molecule has 9 heteroatoms. The molecule has 2 aromatic carbocycles. The van der Waals surface area contributed by atoms with Crippen molar-refractivity contribution in [2.45, 2.75) is 6.54 Å². The molecule has 3 aromatic heterocycles. The molecule has 8 nitrogen and oxygen atoms in total. The summed E-state index contributed by atoms with van der Waals surface area (Å²) in [5, 5.41) is 14.9. The van der Waals surface area contributed by atoms with Crippen LogP contribution in [0.1, 0.15) is 16.1 Å². The van der Waals surface area contributed by atoms with Crippen molar-refractivity contribution < 1.29 is 4.79 Å². The van der Waals surface area contributed by atoms with Crippen LogP contribution < -0.4 is 10.2 Å². The number of rotatable bonds is 6. The Hall–Kier alpha value is -4.17. The van der Waals surface area contributed by atoms with Crippen LogP contribution in [0.3, 0.4) is 0 Å². The number of benzene rings is 2. The third-order valence-corrected chi connectivity index (χ3v) is 5.45. The predicted octanol–water partition coefficient (Wildman–Crippen LogP) is 4.66. The highest BCUT2D eigenvalue weighted by atomic mass is 35.5. The average Bonchev–Trinajstić information content (AvgIpc) is 3.51. The summed E-state index contributed by atoms with van der Waals surface area (Å²) in [5.74, 6) is 0.423. The maximum Gasteiger partial charge on any atom is 0.276 e. The Balaban J connectivity index is 1.51. The van der Waals surface area contributed by atoms with E-state index in [0.29, 0.717) is 22.9 Å². The molecule has 164 valence electrons. The van der Waals surface area contributed by atoms with Gasteiger partial charge in [-0.05, 0) is 29.8 Å². The van der Waals surface area contributed by atoms with Crippen LogP contribution in [0.4, 0.5) is 11.5 Å². The zero-order chi connectivity index (χ0) is 22.8. The number of hydrogen-bond donors (Lipinski definition) is 2. The zero-order valence-electron chi connectivity index (χ0n) is 17.7. The van der Waals surface area contributed by atoms with E-state index >= 15 is 0 Å². The van der Waals surface area contributed by atoms with E-state index in [2.05, 4.69) is 37.6 Å². The van der Waals surface area contributed by atoms with Crippen LogP contribution in [-0.2, 0) is 6.54 Å². The van der Waals surface area contributed by atoms with Crippen molar-refractivity contribution in [2.24, 2.45) is 0 Å². The van der Waals surface area contributed by atoms with E-state index in [9.17, 15) is 4.79 Å². The quantitative estimate of drug-likeness (QED) is 0.387. The lowest BCUT2D eigenvalue weighted by molar-refractivity contribution is 0.102. The van der Waals surface area contributed by atoms with Gasteiger partial charge in [0.1, 0.15) is 5.82 Å². The minimum atomic E-state index is -0.333. The second kappa shape index (κ2) is 8.76. The number of H-pyrrole nitrogens is 1. The normalized spacial score (nSPS) is 11.0. The number of halogens is 1. The number of amides is 1. The van der Waals surface area contributed by atoms with Crippen LogP contribution in [0.5, 0.6) is 0 Å². The van der Waals surface area contributed by atoms with E-state index < -0.39 is 0 Å². The smallest absolute Gasteiger partial charge is 0.276 e. The standard InChI is InChI=1S/C24H20ClN7O/c1-31(15-16-5-3-2-4-6-16)22-12-21(17-13-26-27-14-17)32-23(29-22)11-20(30-32)24(33)28-19-9-7-18(25)8-10-19/h2-14H,15H2,1H3,(H,26,27)(H,28,33). The molecule has 0 fully saturated rings. The van der Waals surface area contributed by atoms with Gasteiger partial charge in [0, 0.05) is 48.2 Å². The Morgan fingerprint density at radius 2 is 1.91 bits per heavy atom. The summed E-state index contributed by atoms with van der Waals surface area (Å²) in [6.45, 7) is 0.687. The van der Waals surface area contributed by atoms with Crippen LogP contribution in [0.15, 0.2) is 79.1 Å². The first-order valence-electron chi connectivity index (χ1n) is 10.3. The number of aromatic amines is 1. The van der Waals surface area contributed by atoms with Crippen LogP contribution in [0.25, 0.3) is 16.9 Å². The van der Waals surface area contributed by atoms with Gasteiger partial charge >= 0.3 is 0 Å². The van der Waals surface area contributed by atoms with Crippen molar-refractivity contribution in [3.63, 3.8) is 0 Å². The molecule has 0 aliphatic heterocycles. The Kier molecular flexibility index (Phi) is 5.50. The first kappa shape index (κ1) is 20.7. The third kappa shape index (κ3) is 4.42. The van der Waals surface area contributed by atoms with Crippen molar-refractivity contribution in [2.75, 3.05) is 17.3 Å². The van der Waals surface area contributed by atoms with Crippen LogP contribution in [0, 0.1) is 0 Å². The SMILES string of the molecule is CN(Cc1ccccc1)c1cc(-c2cn[nH]c2)n2nc(C(=O)Nc3ccc(Cl)cc3)cc2n1. The van der Waals surface area contributed by atoms with Gasteiger partial charge in [0.15, 0.2) is 11.3 Å². The van der Waals surface area contributed by atoms with Gasteiger partial charge in [0.2, 0.25) is 0 Å². The molecule has 0 spiro atoms. The van der Waals surface area contributed by atoms with Gasteiger partial charge in [-0.3, -0.25) is 9.89 Å². The largest absolute Gasteiger partial charge is 0.355 e. The van der Waals surface area contributed by atoms with Gasteiger partial charge in [-0.2, -0.15) is 10.2 Å². The zero-order valence-corrected chi connectivity index (χ0v) is 18.5. The lowest BCUT2D eigenvalue weighted by Gasteiger charge is -2.19. The number of carbonyl (C=O) groups is 1. The summed E-state index contributed by atoms with van der Waals surface area (Å²) in [6, 6.07) is 20.7. The molecular formula is C24H20ClN7O. The molecule has 5 rings (SSSR count). The topological polar surface area (TPSA) is 91.2 Å². The van der Waals surface area contributed by atoms with Crippen LogP contribution in [-0.4, -0.2) is 37.8 Å². The van der Waals surface area contributed by atoms with E-state index in [-0.39, 0.29) is 11.6 Å². The molecule has 1 amide bonds. The second-order valence-corrected chi connectivity index (χ2v) is 8.03. The third-order valence-electron chi connectivity index (χ3n) is 5.20. The van der Waals surface area contributed by atoms with Gasteiger partial charge in [-0.1, -0.05) is 41.9 Å². The van der Waals surface area contributed by atoms with Crippen molar-refractivity contribution >= 4 is 34.7 Å². The fourth-order valence-electron chi connectivity index (χ4n) is 3.53. The number of carbonyl (C=O) groups excluding carboxylic acids is 1. The number of nitrogens with one attached hydrogen (secondary N) is 2. The summed E-state index contributed by atoms with van der Waals surface area (Å²) in [5.41, 5.74) is 4.23. The molecule has 0 atom stereocenters.